The van der Waals surface area contributed by atoms with Crippen LogP contribution in [0.3, 0.4) is 0 Å². The van der Waals surface area contributed by atoms with Gasteiger partial charge in [0.15, 0.2) is 11.5 Å². The van der Waals surface area contributed by atoms with Gasteiger partial charge in [-0.2, -0.15) is 0 Å². The highest BCUT2D eigenvalue weighted by atomic mass is 16.5. The average molecular weight is 312 g/mol. The lowest BCUT2D eigenvalue weighted by atomic mass is 10.2. The summed E-state index contributed by atoms with van der Waals surface area (Å²) in [5, 5.41) is 0. The Kier molecular flexibility index (Phi) is 5.48. The number of hydrogen-bond donors (Lipinski definition) is 0. The molecular formula is C18H16O5. The van der Waals surface area contributed by atoms with Gasteiger partial charge < -0.3 is 18.9 Å². The molecule has 0 aromatic heterocycles. The van der Waals surface area contributed by atoms with Gasteiger partial charge in [-0.25, -0.2) is 4.79 Å². The molecule has 118 valence electrons. The first kappa shape index (κ1) is 16.2. The molecule has 0 radical (unpaired) electrons. The third-order valence-electron chi connectivity index (χ3n) is 2.93. The molecule has 2 aromatic rings. The van der Waals surface area contributed by atoms with E-state index < -0.39 is 5.97 Å². The van der Waals surface area contributed by atoms with E-state index in [1.54, 1.807) is 12.1 Å². The van der Waals surface area contributed by atoms with Gasteiger partial charge in [-0.3, -0.25) is 0 Å². The highest BCUT2D eigenvalue weighted by molar-refractivity contribution is 5.91. The molecule has 23 heavy (non-hydrogen) atoms. The fraction of sp³-hybridized carbons (Fsp3) is 0.167. The second-order valence-corrected chi connectivity index (χ2v) is 4.37. The summed E-state index contributed by atoms with van der Waals surface area (Å²) < 4.78 is 20.8. The number of carbonyl (C=O) groups is 1. The maximum absolute atomic E-state index is 11.8. The molecule has 0 saturated heterocycles. The second kappa shape index (κ2) is 7.76. The van der Waals surface area contributed by atoms with Crippen molar-refractivity contribution in [1.82, 2.24) is 0 Å². The standard InChI is InChI=1S/C18H16O5/c1-20-15-11-14(12-16(21-2)18(15)22-3)23-17(19)10-9-13-7-5-4-6-8-13/h4-8,11-12H,1-3H3. The van der Waals surface area contributed by atoms with Gasteiger partial charge in [0.05, 0.1) is 21.3 Å². The minimum absolute atomic E-state index is 0.256. The molecular weight excluding hydrogens is 296 g/mol. The Morgan fingerprint density at radius 2 is 1.52 bits per heavy atom. The molecule has 0 saturated carbocycles. The SMILES string of the molecule is COc1cc(OC(=O)C#Cc2ccccc2)cc(OC)c1OC. The van der Waals surface area contributed by atoms with Crippen molar-refractivity contribution >= 4 is 5.97 Å². The summed E-state index contributed by atoms with van der Waals surface area (Å²) in [4.78, 5) is 11.8. The van der Waals surface area contributed by atoms with Crippen LogP contribution in [0, 0.1) is 11.8 Å². The minimum atomic E-state index is -0.678. The van der Waals surface area contributed by atoms with Crippen LogP contribution in [0.1, 0.15) is 5.56 Å². The van der Waals surface area contributed by atoms with Gasteiger partial charge in [0.25, 0.3) is 0 Å². The summed E-state index contributed by atoms with van der Waals surface area (Å²) in [6, 6.07) is 12.2. The van der Waals surface area contributed by atoms with Crippen molar-refractivity contribution in [3.8, 4) is 34.8 Å². The maximum atomic E-state index is 11.8. The lowest BCUT2D eigenvalue weighted by molar-refractivity contribution is -0.128. The smallest absolute Gasteiger partial charge is 0.390 e. The molecule has 0 heterocycles. The van der Waals surface area contributed by atoms with E-state index >= 15 is 0 Å². The van der Waals surface area contributed by atoms with Crippen LogP contribution in [0.5, 0.6) is 23.0 Å². The minimum Gasteiger partial charge on any atom is -0.493 e. The molecule has 0 aliphatic heterocycles. The van der Waals surface area contributed by atoms with Crippen LogP contribution in [-0.4, -0.2) is 27.3 Å². The van der Waals surface area contributed by atoms with E-state index in [9.17, 15) is 4.79 Å². The van der Waals surface area contributed by atoms with Crippen LogP contribution in [0.25, 0.3) is 0 Å². The molecule has 0 spiro atoms. The van der Waals surface area contributed by atoms with Gasteiger partial charge in [0, 0.05) is 23.6 Å². The summed E-state index contributed by atoms with van der Waals surface area (Å²) in [5.74, 6) is 5.95. The third kappa shape index (κ3) is 4.17. The quantitative estimate of drug-likeness (QED) is 0.493. The fourth-order valence-corrected chi connectivity index (χ4v) is 1.89. The number of methoxy groups -OCH3 is 3. The fourth-order valence-electron chi connectivity index (χ4n) is 1.89. The van der Waals surface area contributed by atoms with Crippen LogP contribution in [0.4, 0.5) is 0 Å². The normalized spacial score (nSPS) is 9.35. The van der Waals surface area contributed by atoms with Gasteiger partial charge in [0.2, 0.25) is 5.75 Å². The summed E-state index contributed by atoms with van der Waals surface area (Å²) in [6.45, 7) is 0. The highest BCUT2D eigenvalue weighted by Gasteiger charge is 2.15. The van der Waals surface area contributed by atoms with E-state index in [0.717, 1.165) is 5.56 Å². The summed E-state index contributed by atoms with van der Waals surface area (Å²) in [5.41, 5.74) is 0.731. The number of hydrogen-bond acceptors (Lipinski definition) is 5. The highest BCUT2D eigenvalue weighted by Crippen LogP contribution is 2.40. The molecule has 5 nitrogen and oxygen atoms in total. The van der Waals surface area contributed by atoms with E-state index in [4.69, 9.17) is 18.9 Å². The Hall–Kier alpha value is -3.13. The van der Waals surface area contributed by atoms with Crippen molar-refractivity contribution in [3.63, 3.8) is 0 Å². The number of ether oxygens (including phenoxy) is 4. The van der Waals surface area contributed by atoms with E-state index in [-0.39, 0.29) is 5.75 Å². The van der Waals surface area contributed by atoms with Crippen molar-refractivity contribution in [3.05, 3.63) is 48.0 Å². The zero-order valence-electron chi connectivity index (χ0n) is 13.1. The predicted molar refractivity (Wildman–Crippen MR) is 85.1 cm³/mol. The Balaban J connectivity index is 2.20. The van der Waals surface area contributed by atoms with Gasteiger partial charge >= 0.3 is 5.97 Å². The molecule has 0 N–H and O–H groups in total. The van der Waals surface area contributed by atoms with Gasteiger partial charge in [0.1, 0.15) is 5.75 Å². The van der Waals surface area contributed by atoms with Crippen molar-refractivity contribution in [1.29, 1.82) is 0 Å². The monoisotopic (exact) mass is 312 g/mol. The number of esters is 1. The van der Waals surface area contributed by atoms with E-state index in [1.165, 1.54) is 33.5 Å². The average Bonchev–Trinajstić information content (AvgIpc) is 2.59. The molecule has 0 bridgehead atoms. The van der Waals surface area contributed by atoms with Gasteiger partial charge in [-0.1, -0.05) is 24.1 Å². The van der Waals surface area contributed by atoms with Crippen molar-refractivity contribution in [2.24, 2.45) is 0 Å². The molecule has 0 atom stereocenters. The molecule has 5 heteroatoms. The molecule has 0 aliphatic carbocycles. The second-order valence-electron chi connectivity index (χ2n) is 4.37. The zero-order valence-corrected chi connectivity index (χ0v) is 13.1. The summed E-state index contributed by atoms with van der Waals surface area (Å²) >= 11 is 0. The number of rotatable bonds is 4. The number of benzene rings is 2. The Labute approximate surface area is 134 Å². The van der Waals surface area contributed by atoms with Crippen LogP contribution in [0.2, 0.25) is 0 Å². The first-order chi connectivity index (χ1) is 11.2. The van der Waals surface area contributed by atoms with Crippen LogP contribution in [-0.2, 0) is 4.79 Å². The van der Waals surface area contributed by atoms with E-state index in [0.29, 0.717) is 17.2 Å². The number of carbonyl (C=O) groups excluding carboxylic acids is 1. The van der Waals surface area contributed by atoms with Crippen molar-refractivity contribution < 1.29 is 23.7 Å². The van der Waals surface area contributed by atoms with Crippen LogP contribution < -0.4 is 18.9 Å². The van der Waals surface area contributed by atoms with Gasteiger partial charge in [-0.05, 0) is 12.1 Å². The Bertz CT molecular complexity index is 716. The maximum Gasteiger partial charge on any atom is 0.390 e. The molecule has 0 amide bonds. The first-order valence-corrected chi connectivity index (χ1v) is 6.76. The zero-order chi connectivity index (χ0) is 16.7. The molecule has 2 rings (SSSR count). The van der Waals surface area contributed by atoms with Crippen LogP contribution >= 0.6 is 0 Å². The van der Waals surface area contributed by atoms with E-state index in [2.05, 4.69) is 11.8 Å². The van der Waals surface area contributed by atoms with Gasteiger partial charge in [-0.15, -0.1) is 0 Å². The van der Waals surface area contributed by atoms with Crippen molar-refractivity contribution in [2.45, 2.75) is 0 Å². The lowest BCUT2D eigenvalue weighted by Crippen LogP contribution is -2.05. The van der Waals surface area contributed by atoms with E-state index in [1.807, 2.05) is 18.2 Å². The largest absolute Gasteiger partial charge is 0.493 e. The Morgan fingerprint density at radius 1 is 0.913 bits per heavy atom. The predicted octanol–water partition coefficient (Wildman–Crippen LogP) is 2.67. The molecule has 0 fully saturated rings. The summed E-state index contributed by atoms with van der Waals surface area (Å²) in [7, 11) is 4.47. The molecule has 2 aromatic carbocycles. The topological polar surface area (TPSA) is 54.0 Å². The Morgan fingerprint density at radius 3 is 2.04 bits per heavy atom. The third-order valence-corrected chi connectivity index (χ3v) is 2.93. The van der Waals surface area contributed by atoms with Crippen LogP contribution in [0.15, 0.2) is 42.5 Å². The summed E-state index contributed by atoms with van der Waals surface area (Å²) in [6.07, 6.45) is 0. The molecule has 0 aliphatic rings. The van der Waals surface area contributed by atoms with Crippen molar-refractivity contribution in [2.75, 3.05) is 21.3 Å². The lowest BCUT2D eigenvalue weighted by Gasteiger charge is -2.13. The first-order valence-electron chi connectivity index (χ1n) is 6.76. The molecule has 0 unspecified atom stereocenters.